The minimum absolute atomic E-state index is 0.0566. The number of allylic oxidation sites excluding steroid dienone is 1. The first-order valence-corrected chi connectivity index (χ1v) is 12.3. The summed E-state index contributed by atoms with van der Waals surface area (Å²) in [6.07, 6.45) is 10.4. The van der Waals surface area contributed by atoms with Gasteiger partial charge in [-0.1, -0.05) is 25.3 Å². The highest BCUT2D eigenvalue weighted by atomic mass is 16.5. The summed E-state index contributed by atoms with van der Waals surface area (Å²) in [6.45, 7) is 14.2. The fourth-order valence-corrected chi connectivity index (χ4v) is 5.05. The smallest absolute Gasteiger partial charge is 0.270 e. The molecule has 0 spiro atoms. The van der Waals surface area contributed by atoms with E-state index in [1.165, 1.54) is 19.3 Å². The van der Waals surface area contributed by atoms with Crippen molar-refractivity contribution < 1.29 is 14.3 Å². The Morgan fingerprint density at radius 3 is 2.56 bits per heavy atom. The molecule has 5 heteroatoms. The number of rotatable bonds is 8. The standard InChI is InChI=1S/C27H40N2O3/c1-7-8-9-13-16-28-23-18-22(20(4)17-24(23)32-27(5,6)26(28)31)25(30)29(19(2)3)21-14-11-10-12-15-21/h7,17-19,21H,1,8-16H2,2-6H3. The molecule has 1 heterocycles. The first-order valence-electron chi connectivity index (χ1n) is 12.3. The van der Waals surface area contributed by atoms with Gasteiger partial charge in [-0.25, -0.2) is 0 Å². The van der Waals surface area contributed by atoms with Crippen LogP contribution in [-0.2, 0) is 4.79 Å². The van der Waals surface area contributed by atoms with Crippen LogP contribution in [0.15, 0.2) is 24.8 Å². The van der Waals surface area contributed by atoms with E-state index in [9.17, 15) is 9.59 Å². The summed E-state index contributed by atoms with van der Waals surface area (Å²) in [5, 5.41) is 0. The monoisotopic (exact) mass is 440 g/mol. The maximum Gasteiger partial charge on any atom is 0.270 e. The van der Waals surface area contributed by atoms with Crippen LogP contribution in [0.4, 0.5) is 5.69 Å². The third-order valence-corrected chi connectivity index (χ3v) is 6.75. The molecule has 1 aromatic rings. The Kier molecular flexibility index (Phi) is 7.68. The van der Waals surface area contributed by atoms with Crippen LogP contribution in [0.25, 0.3) is 0 Å². The molecule has 5 nitrogen and oxygen atoms in total. The van der Waals surface area contributed by atoms with Gasteiger partial charge in [-0.15, -0.1) is 6.58 Å². The van der Waals surface area contributed by atoms with Crippen molar-refractivity contribution in [2.24, 2.45) is 0 Å². The molecule has 3 rings (SSSR count). The molecule has 0 bridgehead atoms. The zero-order chi connectivity index (χ0) is 23.5. The number of benzene rings is 1. The zero-order valence-corrected chi connectivity index (χ0v) is 20.6. The molecule has 32 heavy (non-hydrogen) atoms. The number of amides is 2. The molecule has 2 aliphatic rings. The summed E-state index contributed by atoms with van der Waals surface area (Å²) in [4.78, 5) is 30.9. The second kappa shape index (κ2) is 10.1. The second-order valence-electron chi connectivity index (χ2n) is 10.1. The van der Waals surface area contributed by atoms with Gasteiger partial charge in [0.15, 0.2) is 5.60 Å². The number of fused-ring (bicyclic) bond motifs is 1. The lowest BCUT2D eigenvalue weighted by Crippen LogP contribution is -2.53. The van der Waals surface area contributed by atoms with E-state index in [-0.39, 0.29) is 17.9 Å². The van der Waals surface area contributed by atoms with Gasteiger partial charge in [0.2, 0.25) is 0 Å². The lowest BCUT2D eigenvalue weighted by atomic mass is 9.92. The summed E-state index contributed by atoms with van der Waals surface area (Å²) in [7, 11) is 0. The summed E-state index contributed by atoms with van der Waals surface area (Å²) in [5.74, 6) is 0.691. The summed E-state index contributed by atoms with van der Waals surface area (Å²) < 4.78 is 6.10. The summed E-state index contributed by atoms with van der Waals surface area (Å²) in [6, 6.07) is 4.25. The van der Waals surface area contributed by atoms with Crippen molar-refractivity contribution in [3.63, 3.8) is 0 Å². The van der Waals surface area contributed by atoms with E-state index >= 15 is 0 Å². The van der Waals surface area contributed by atoms with E-state index in [0.717, 1.165) is 37.7 Å². The molecule has 2 amide bonds. The quantitative estimate of drug-likeness (QED) is 0.366. The number of ether oxygens (including phenoxy) is 1. The normalized spacial score (nSPS) is 18.3. The molecule has 0 radical (unpaired) electrons. The van der Waals surface area contributed by atoms with E-state index in [0.29, 0.717) is 29.6 Å². The minimum Gasteiger partial charge on any atom is -0.476 e. The molecule has 0 atom stereocenters. The molecule has 0 N–H and O–H groups in total. The van der Waals surface area contributed by atoms with Crippen LogP contribution in [0.1, 0.15) is 95.0 Å². The van der Waals surface area contributed by atoms with Crippen LogP contribution in [0.3, 0.4) is 0 Å². The van der Waals surface area contributed by atoms with Gasteiger partial charge in [0.05, 0.1) is 5.69 Å². The Bertz CT molecular complexity index is 853. The van der Waals surface area contributed by atoms with Crippen molar-refractivity contribution in [3.05, 3.63) is 35.9 Å². The van der Waals surface area contributed by atoms with Crippen LogP contribution in [0.2, 0.25) is 0 Å². The first kappa shape index (κ1) is 24.3. The first-order chi connectivity index (χ1) is 15.2. The van der Waals surface area contributed by atoms with Crippen molar-refractivity contribution in [2.45, 2.75) is 104 Å². The molecular weight excluding hydrogens is 400 g/mol. The molecule has 0 saturated heterocycles. The van der Waals surface area contributed by atoms with E-state index in [1.807, 2.05) is 43.9 Å². The van der Waals surface area contributed by atoms with Gasteiger partial charge in [-0.3, -0.25) is 9.59 Å². The van der Waals surface area contributed by atoms with Gasteiger partial charge < -0.3 is 14.5 Å². The number of carbonyl (C=O) groups is 2. The molecule has 1 aliphatic carbocycles. The van der Waals surface area contributed by atoms with Crippen LogP contribution >= 0.6 is 0 Å². The van der Waals surface area contributed by atoms with Crippen molar-refractivity contribution in [1.29, 1.82) is 0 Å². The third-order valence-electron chi connectivity index (χ3n) is 6.75. The minimum atomic E-state index is -0.921. The van der Waals surface area contributed by atoms with E-state index in [2.05, 4.69) is 25.3 Å². The van der Waals surface area contributed by atoms with Gasteiger partial charge in [0.1, 0.15) is 5.75 Å². The number of nitrogens with zero attached hydrogens (tertiary/aromatic N) is 2. The van der Waals surface area contributed by atoms with E-state index in [1.54, 1.807) is 0 Å². The van der Waals surface area contributed by atoms with Crippen LogP contribution in [0.5, 0.6) is 5.75 Å². The Balaban J connectivity index is 1.96. The molecular formula is C27H40N2O3. The number of aryl methyl sites for hydroxylation is 1. The zero-order valence-electron chi connectivity index (χ0n) is 20.6. The Morgan fingerprint density at radius 2 is 1.94 bits per heavy atom. The number of carbonyl (C=O) groups excluding carboxylic acids is 2. The predicted molar refractivity (Wildman–Crippen MR) is 130 cm³/mol. The van der Waals surface area contributed by atoms with Crippen LogP contribution < -0.4 is 9.64 Å². The fourth-order valence-electron chi connectivity index (χ4n) is 5.05. The lowest BCUT2D eigenvalue weighted by Gasteiger charge is -2.40. The van der Waals surface area contributed by atoms with Gasteiger partial charge in [0, 0.05) is 24.2 Å². The molecule has 1 fully saturated rings. The van der Waals surface area contributed by atoms with Gasteiger partial charge in [0.25, 0.3) is 11.8 Å². The number of hydrogen-bond donors (Lipinski definition) is 0. The van der Waals surface area contributed by atoms with Crippen molar-refractivity contribution >= 4 is 17.5 Å². The average Bonchev–Trinajstić information content (AvgIpc) is 2.73. The maximum absolute atomic E-state index is 13.8. The fraction of sp³-hybridized carbons (Fsp3) is 0.630. The number of hydrogen-bond acceptors (Lipinski definition) is 3. The van der Waals surface area contributed by atoms with Crippen LogP contribution in [0, 0.1) is 6.92 Å². The maximum atomic E-state index is 13.8. The third kappa shape index (κ3) is 5.02. The second-order valence-corrected chi connectivity index (χ2v) is 10.1. The highest BCUT2D eigenvalue weighted by molar-refractivity contribution is 6.05. The van der Waals surface area contributed by atoms with E-state index < -0.39 is 5.60 Å². The Labute approximate surface area is 193 Å². The Hall–Kier alpha value is -2.30. The molecule has 1 aromatic carbocycles. The van der Waals surface area contributed by atoms with Crippen molar-refractivity contribution in [1.82, 2.24) is 4.90 Å². The highest BCUT2D eigenvalue weighted by Gasteiger charge is 2.41. The van der Waals surface area contributed by atoms with Gasteiger partial charge >= 0.3 is 0 Å². The molecule has 0 aromatic heterocycles. The topological polar surface area (TPSA) is 49.9 Å². The predicted octanol–water partition coefficient (Wildman–Crippen LogP) is 6.04. The van der Waals surface area contributed by atoms with Crippen molar-refractivity contribution in [2.75, 3.05) is 11.4 Å². The number of anilines is 1. The highest BCUT2D eigenvalue weighted by Crippen LogP contribution is 2.40. The lowest BCUT2D eigenvalue weighted by molar-refractivity contribution is -0.132. The summed E-state index contributed by atoms with van der Waals surface area (Å²) >= 11 is 0. The SMILES string of the molecule is C=CCCCCN1C(=O)C(C)(C)Oc2cc(C)c(C(=O)N(C(C)C)C3CCCCC3)cc21. The Morgan fingerprint density at radius 1 is 1.25 bits per heavy atom. The largest absolute Gasteiger partial charge is 0.476 e. The molecule has 176 valence electrons. The molecule has 1 aliphatic heterocycles. The number of unbranched alkanes of at least 4 members (excludes halogenated alkanes) is 2. The van der Waals surface area contributed by atoms with Gasteiger partial charge in [-0.05, 0) is 84.4 Å². The summed E-state index contributed by atoms with van der Waals surface area (Å²) in [5.41, 5.74) is 1.37. The molecule has 1 saturated carbocycles. The van der Waals surface area contributed by atoms with E-state index in [4.69, 9.17) is 4.74 Å². The van der Waals surface area contributed by atoms with Crippen LogP contribution in [-0.4, -0.2) is 40.9 Å². The molecule has 0 unspecified atom stereocenters. The van der Waals surface area contributed by atoms with Gasteiger partial charge in [-0.2, -0.15) is 0 Å². The van der Waals surface area contributed by atoms with Crippen molar-refractivity contribution in [3.8, 4) is 5.75 Å². The average molecular weight is 441 g/mol.